The first kappa shape index (κ1) is 11.5. The van der Waals surface area contributed by atoms with Crippen LogP contribution in [0.5, 0.6) is 0 Å². The van der Waals surface area contributed by atoms with Gasteiger partial charge in [0.2, 0.25) is 0 Å². The van der Waals surface area contributed by atoms with Gasteiger partial charge in [-0.2, -0.15) is 0 Å². The summed E-state index contributed by atoms with van der Waals surface area (Å²) in [6.45, 7) is 3.46. The van der Waals surface area contributed by atoms with Crippen LogP contribution in [0.4, 0.5) is 4.39 Å². The van der Waals surface area contributed by atoms with Crippen LogP contribution < -0.4 is 11.1 Å². The van der Waals surface area contributed by atoms with Crippen LogP contribution in [0.15, 0.2) is 24.3 Å². The largest absolute Gasteiger partial charge is 0.329 e. The zero-order chi connectivity index (χ0) is 11.5. The van der Waals surface area contributed by atoms with Crippen LogP contribution in [-0.2, 0) is 6.54 Å². The molecule has 2 nitrogen and oxygen atoms in total. The topological polar surface area (TPSA) is 38.0 Å². The lowest BCUT2D eigenvalue weighted by atomic mass is 10.2. The van der Waals surface area contributed by atoms with E-state index in [0.717, 1.165) is 16.6 Å². The van der Waals surface area contributed by atoms with Crippen molar-refractivity contribution < 1.29 is 4.39 Å². The van der Waals surface area contributed by atoms with Crippen molar-refractivity contribution in [3.05, 3.63) is 35.0 Å². The van der Waals surface area contributed by atoms with Crippen molar-refractivity contribution in [2.75, 3.05) is 6.54 Å². The number of nitrogens with one attached hydrogen (secondary N) is 1. The molecule has 4 heteroatoms. The van der Waals surface area contributed by atoms with Gasteiger partial charge in [-0.3, -0.25) is 0 Å². The molecule has 0 aliphatic heterocycles. The third-order valence-electron chi connectivity index (χ3n) is 2.51. The molecule has 3 N–H and O–H groups in total. The van der Waals surface area contributed by atoms with Crippen molar-refractivity contribution in [3.8, 4) is 0 Å². The quantitative estimate of drug-likeness (QED) is 0.858. The van der Waals surface area contributed by atoms with Gasteiger partial charge in [0, 0.05) is 28.7 Å². The highest BCUT2D eigenvalue weighted by atomic mass is 32.1. The minimum atomic E-state index is -0.180. The summed E-state index contributed by atoms with van der Waals surface area (Å²) in [6, 6.07) is 7.23. The van der Waals surface area contributed by atoms with Gasteiger partial charge in [0.1, 0.15) is 5.82 Å². The van der Waals surface area contributed by atoms with E-state index in [9.17, 15) is 4.39 Å². The molecule has 0 unspecified atom stereocenters. The lowest BCUT2D eigenvalue weighted by Gasteiger charge is -2.08. The highest BCUT2D eigenvalue weighted by Crippen LogP contribution is 2.26. The molecular formula is C12H15FN2S. The molecule has 16 heavy (non-hydrogen) atoms. The lowest BCUT2D eigenvalue weighted by Crippen LogP contribution is -2.32. The van der Waals surface area contributed by atoms with Crippen LogP contribution in [0.1, 0.15) is 11.8 Å². The molecule has 0 saturated heterocycles. The summed E-state index contributed by atoms with van der Waals surface area (Å²) in [5, 5.41) is 4.29. The molecule has 0 amide bonds. The molecule has 2 aromatic rings. The van der Waals surface area contributed by atoms with Crippen LogP contribution >= 0.6 is 11.3 Å². The Hall–Kier alpha value is -0.970. The number of hydrogen-bond donors (Lipinski definition) is 2. The average Bonchev–Trinajstić information content (AvgIpc) is 2.67. The summed E-state index contributed by atoms with van der Waals surface area (Å²) in [7, 11) is 0. The predicted molar refractivity (Wildman–Crippen MR) is 67.1 cm³/mol. The number of thiophene rings is 1. The van der Waals surface area contributed by atoms with E-state index < -0.39 is 0 Å². The van der Waals surface area contributed by atoms with Crippen molar-refractivity contribution in [2.24, 2.45) is 5.73 Å². The van der Waals surface area contributed by atoms with Crippen molar-refractivity contribution in [1.82, 2.24) is 5.32 Å². The standard InChI is InChI=1S/C12H15FN2S/c1-8(6-14)15-7-11-5-9-4-10(13)2-3-12(9)16-11/h2-5,8,15H,6-7,14H2,1H3/t8-/m1/s1. The van der Waals surface area contributed by atoms with Crippen molar-refractivity contribution >= 4 is 21.4 Å². The SMILES string of the molecule is C[C@H](CN)NCc1cc2cc(F)ccc2s1. The molecule has 0 aliphatic rings. The van der Waals surface area contributed by atoms with Crippen LogP contribution in [0.25, 0.3) is 10.1 Å². The van der Waals surface area contributed by atoms with E-state index in [0.29, 0.717) is 12.6 Å². The van der Waals surface area contributed by atoms with E-state index in [-0.39, 0.29) is 5.82 Å². The zero-order valence-electron chi connectivity index (χ0n) is 9.16. The number of nitrogens with two attached hydrogens (primary N) is 1. The highest BCUT2D eigenvalue weighted by molar-refractivity contribution is 7.19. The predicted octanol–water partition coefficient (Wildman–Crippen LogP) is 2.48. The molecule has 1 aromatic carbocycles. The van der Waals surface area contributed by atoms with E-state index in [1.54, 1.807) is 17.4 Å². The Morgan fingerprint density at radius 1 is 1.44 bits per heavy atom. The van der Waals surface area contributed by atoms with Gasteiger partial charge in [0.25, 0.3) is 0 Å². The summed E-state index contributed by atoms with van der Waals surface area (Å²) in [4.78, 5) is 1.21. The molecule has 0 spiro atoms. The smallest absolute Gasteiger partial charge is 0.123 e. The van der Waals surface area contributed by atoms with Crippen LogP contribution in [0.2, 0.25) is 0 Å². The number of hydrogen-bond acceptors (Lipinski definition) is 3. The summed E-state index contributed by atoms with van der Waals surface area (Å²) in [5.74, 6) is -0.180. The summed E-state index contributed by atoms with van der Waals surface area (Å²) in [6.07, 6.45) is 0. The maximum Gasteiger partial charge on any atom is 0.123 e. The molecule has 0 radical (unpaired) electrons. The van der Waals surface area contributed by atoms with Crippen molar-refractivity contribution in [3.63, 3.8) is 0 Å². The average molecular weight is 238 g/mol. The van der Waals surface area contributed by atoms with Gasteiger partial charge in [-0.25, -0.2) is 4.39 Å². The minimum absolute atomic E-state index is 0.180. The first-order valence-electron chi connectivity index (χ1n) is 5.30. The van der Waals surface area contributed by atoms with Crippen molar-refractivity contribution in [2.45, 2.75) is 19.5 Å². The van der Waals surface area contributed by atoms with E-state index in [1.165, 1.54) is 10.9 Å². The fourth-order valence-corrected chi connectivity index (χ4v) is 2.51. The van der Waals surface area contributed by atoms with Crippen LogP contribution in [0, 0.1) is 5.82 Å². The monoisotopic (exact) mass is 238 g/mol. The molecule has 0 aliphatic carbocycles. The Morgan fingerprint density at radius 2 is 2.25 bits per heavy atom. The lowest BCUT2D eigenvalue weighted by molar-refractivity contribution is 0.560. The first-order chi connectivity index (χ1) is 7.69. The Balaban J connectivity index is 2.13. The van der Waals surface area contributed by atoms with Crippen LogP contribution in [-0.4, -0.2) is 12.6 Å². The third-order valence-corrected chi connectivity index (χ3v) is 3.62. The maximum absolute atomic E-state index is 13.0. The van der Waals surface area contributed by atoms with Gasteiger partial charge >= 0.3 is 0 Å². The van der Waals surface area contributed by atoms with Gasteiger partial charge in [0.15, 0.2) is 0 Å². The second kappa shape index (κ2) is 4.91. The van der Waals surface area contributed by atoms with Crippen LogP contribution in [0.3, 0.4) is 0 Å². The molecule has 0 bridgehead atoms. The third kappa shape index (κ3) is 2.58. The molecule has 2 rings (SSSR count). The molecular weight excluding hydrogens is 223 g/mol. The van der Waals surface area contributed by atoms with E-state index >= 15 is 0 Å². The van der Waals surface area contributed by atoms with Gasteiger partial charge in [-0.1, -0.05) is 0 Å². The maximum atomic E-state index is 13.0. The van der Waals surface area contributed by atoms with Gasteiger partial charge in [-0.15, -0.1) is 11.3 Å². The summed E-state index contributed by atoms with van der Waals surface area (Å²) < 4.78 is 14.1. The highest BCUT2D eigenvalue weighted by Gasteiger charge is 2.04. The fourth-order valence-electron chi connectivity index (χ4n) is 1.51. The fraction of sp³-hybridized carbons (Fsp3) is 0.333. The van der Waals surface area contributed by atoms with E-state index in [1.807, 2.05) is 19.1 Å². The number of fused-ring (bicyclic) bond motifs is 1. The minimum Gasteiger partial charge on any atom is -0.329 e. The van der Waals surface area contributed by atoms with Gasteiger partial charge in [-0.05, 0) is 36.6 Å². The molecule has 1 heterocycles. The first-order valence-corrected chi connectivity index (χ1v) is 6.12. The normalized spacial score (nSPS) is 13.2. The Kier molecular flexibility index (Phi) is 3.53. The van der Waals surface area contributed by atoms with E-state index in [4.69, 9.17) is 5.73 Å². The Bertz CT molecular complexity index is 481. The Morgan fingerprint density at radius 3 is 3.00 bits per heavy atom. The zero-order valence-corrected chi connectivity index (χ0v) is 9.98. The van der Waals surface area contributed by atoms with E-state index in [2.05, 4.69) is 5.32 Å². The summed E-state index contributed by atoms with van der Waals surface area (Å²) >= 11 is 1.69. The molecule has 1 atom stereocenters. The number of rotatable bonds is 4. The van der Waals surface area contributed by atoms with Gasteiger partial charge in [0.05, 0.1) is 0 Å². The molecule has 1 aromatic heterocycles. The van der Waals surface area contributed by atoms with Gasteiger partial charge < -0.3 is 11.1 Å². The Labute approximate surface area is 98.3 Å². The van der Waals surface area contributed by atoms with Crippen molar-refractivity contribution in [1.29, 1.82) is 0 Å². The summed E-state index contributed by atoms with van der Waals surface area (Å²) in [5.41, 5.74) is 5.52. The molecule has 86 valence electrons. The second-order valence-corrected chi connectivity index (χ2v) is 5.08. The second-order valence-electron chi connectivity index (χ2n) is 3.91. The number of halogens is 1. The number of benzene rings is 1. The molecule has 0 saturated carbocycles. The molecule has 0 fully saturated rings.